The average molecular weight is 380 g/mol. The van der Waals surface area contributed by atoms with Gasteiger partial charge in [0.15, 0.2) is 6.61 Å². The number of amides is 2. The molecule has 0 aliphatic carbocycles. The summed E-state index contributed by atoms with van der Waals surface area (Å²) < 4.78 is 42.7. The van der Waals surface area contributed by atoms with Gasteiger partial charge in [0, 0.05) is 18.3 Å². The lowest BCUT2D eigenvalue weighted by Crippen LogP contribution is -2.22. The summed E-state index contributed by atoms with van der Waals surface area (Å²) in [5, 5.41) is 4.86. The van der Waals surface area contributed by atoms with Crippen LogP contribution in [0.1, 0.15) is 26.3 Å². The van der Waals surface area contributed by atoms with Gasteiger partial charge in [-0.25, -0.2) is 4.79 Å². The number of ether oxygens (including phenoxy) is 1. The molecule has 2 aromatic rings. The molecule has 9 heteroatoms. The topological polar surface area (TPSA) is 84.5 Å². The van der Waals surface area contributed by atoms with Crippen LogP contribution in [-0.4, -0.2) is 31.4 Å². The van der Waals surface area contributed by atoms with Crippen LogP contribution in [0.5, 0.6) is 0 Å². The van der Waals surface area contributed by atoms with Crippen LogP contribution in [0.4, 0.5) is 18.9 Å². The first kappa shape index (κ1) is 20.0. The zero-order chi connectivity index (χ0) is 20.0. The number of hydrogen-bond acceptors (Lipinski definition) is 4. The Morgan fingerprint density at radius 1 is 1.00 bits per heavy atom. The van der Waals surface area contributed by atoms with Crippen molar-refractivity contribution in [3.05, 3.63) is 65.2 Å². The van der Waals surface area contributed by atoms with E-state index < -0.39 is 30.2 Å². The summed E-state index contributed by atoms with van der Waals surface area (Å²) >= 11 is 0. The molecule has 0 saturated carbocycles. The summed E-state index contributed by atoms with van der Waals surface area (Å²) in [6.07, 6.45) is -4.59. The molecule has 27 heavy (non-hydrogen) atoms. The van der Waals surface area contributed by atoms with Gasteiger partial charge < -0.3 is 15.4 Å². The molecule has 2 aromatic carbocycles. The number of carbonyl (C=O) groups is 3. The summed E-state index contributed by atoms with van der Waals surface area (Å²) in [4.78, 5) is 35.2. The minimum atomic E-state index is -4.59. The maximum Gasteiger partial charge on any atom is 0.416 e. The van der Waals surface area contributed by atoms with E-state index in [1.807, 2.05) is 0 Å². The normalized spacial score (nSPS) is 10.8. The van der Waals surface area contributed by atoms with E-state index in [2.05, 4.69) is 10.6 Å². The number of nitrogens with one attached hydrogen (secondary N) is 2. The predicted molar refractivity (Wildman–Crippen MR) is 90.2 cm³/mol. The number of esters is 1. The molecule has 0 spiro atoms. The number of anilines is 1. The van der Waals surface area contributed by atoms with E-state index in [0.717, 1.165) is 18.2 Å². The van der Waals surface area contributed by atoms with Crippen molar-refractivity contribution < 1.29 is 32.3 Å². The number of rotatable bonds is 5. The third kappa shape index (κ3) is 5.56. The molecule has 0 atom stereocenters. The second-order valence-electron chi connectivity index (χ2n) is 5.36. The summed E-state index contributed by atoms with van der Waals surface area (Å²) in [6.45, 7) is -0.695. The second kappa shape index (κ2) is 8.35. The van der Waals surface area contributed by atoms with Crippen molar-refractivity contribution >= 4 is 23.5 Å². The van der Waals surface area contributed by atoms with Crippen molar-refractivity contribution in [2.24, 2.45) is 0 Å². The molecule has 0 aliphatic heterocycles. The first-order valence-corrected chi connectivity index (χ1v) is 7.67. The lowest BCUT2D eigenvalue weighted by Gasteiger charge is -2.09. The zero-order valence-corrected chi connectivity index (χ0v) is 14.1. The van der Waals surface area contributed by atoms with Crippen LogP contribution in [0.2, 0.25) is 0 Å². The second-order valence-corrected chi connectivity index (χ2v) is 5.36. The molecule has 2 rings (SSSR count). The molecule has 0 aliphatic rings. The summed E-state index contributed by atoms with van der Waals surface area (Å²) in [5.41, 5.74) is -0.695. The average Bonchev–Trinajstić information content (AvgIpc) is 2.65. The van der Waals surface area contributed by atoms with Gasteiger partial charge in [-0.3, -0.25) is 9.59 Å². The molecule has 2 amide bonds. The lowest BCUT2D eigenvalue weighted by molar-refractivity contribution is -0.137. The molecular formula is C18H15F3N2O4. The Morgan fingerprint density at radius 3 is 2.33 bits per heavy atom. The summed E-state index contributed by atoms with van der Waals surface area (Å²) in [5.74, 6) is -2.11. The van der Waals surface area contributed by atoms with E-state index in [-0.39, 0.29) is 11.5 Å². The number of benzene rings is 2. The zero-order valence-electron chi connectivity index (χ0n) is 14.1. The van der Waals surface area contributed by atoms with Crippen molar-refractivity contribution in [2.45, 2.75) is 6.18 Å². The minimum Gasteiger partial charge on any atom is -0.452 e. The van der Waals surface area contributed by atoms with Crippen LogP contribution < -0.4 is 10.6 Å². The van der Waals surface area contributed by atoms with E-state index in [1.165, 1.54) is 19.2 Å². The number of alkyl halides is 3. The van der Waals surface area contributed by atoms with Gasteiger partial charge in [-0.1, -0.05) is 12.1 Å². The van der Waals surface area contributed by atoms with Gasteiger partial charge in [0.25, 0.3) is 11.8 Å². The number of halogens is 3. The Kier molecular flexibility index (Phi) is 6.17. The molecule has 0 aromatic heterocycles. The molecule has 0 fully saturated rings. The van der Waals surface area contributed by atoms with Gasteiger partial charge in [0.2, 0.25) is 0 Å². The van der Waals surface area contributed by atoms with Crippen molar-refractivity contribution in [1.29, 1.82) is 0 Å². The third-order valence-corrected chi connectivity index (χ3v) is 3.40. The Hall–Kier alpha value is -3.36. The van der Waals surface area contributed by atoms with Gasteiger partial charge in [0.1, 0.15) is 0 Å². The minimum absolute atomic E-state index is 0.302. The van der Waals surface area contributed by atoms with Crippen LogP contribution in [0, 0.1) is 0 Å². The smallest absolute Gasteiger partial charge is 0.416 e. The maximum absolute atomic E-state index is 12.7. The molecule has 0 saturated heterocycles. The molecule has 0 unspecified atom stereocenters. The van der Waals surface area contributed by atoms with E-state index in [1.54, 1.807) is 12.1 Å². The highest BCUT2D eigenvalue weighted by molar-refractivity contribution is 5.98. The largest absolute Gasteiger partial charge is 0.452 e. The van der Waals surface area contributed by atoms with Gasteiger partial charge in [-0.05, 0) is 36.4 Å². The van der Waals surface area contributed by atoms with E-state index in [0.29, 0.717) is 17.3 Å². The van der Waals surface area contributed by atoms with Crippen LogP contribution in [-0.2, 0) is 15.7 Å². The van der Waals surface area contributed by atoms with Crippen LogP contribution in [0.15, 0.2) is 48.5 Å². The molecular weight excluding hydrogens is 365 g/mol. The Labute approximate surface area is 152 Å². The molecule has 6 nitrogen and oxygen atoms in total. The number of hydrogen-bond donors (Lipinski definition) is 2. The Bertz CT molecular complexity index is 866. The van der Waals surface area contributed by atoms with Crippen molar-refractivity contribution in [3.8, 4) is 0 Å². The summed E-state index contributed by atoms with van der Waals surface area (Å²) in [6, 6.07) is 9.74. The van der Waals surface area contributed by atoms with Gasteiger partial charge in [-0.2, -0.15) is 13.2 Å². The number of carbonyl (C=O) groups excluding carboxylic acids is 3. The first-order valence-electron chi connectivity index (χ1n) is 7.67. The standard InChI is InChI=1S/C18H15F3N2O4/c1-22-16(25)11-4-3-7-14(9-11)23-15(24)10-27-17(26)12-5-2-6-13(8-12)18(19,20)21/h2-9H,10H2,1H3,(H,22,25)(H,23,24). The molecule has 0 heterocycles. The van der Waals surface area contributed by atoms with Gasteiger partial charge in [-0.15, -0.1) is 0 Å². The highest BCUT2D eigenvalue weighted by Crippen LogP contribution is 2.29. The predicted octanol–water partition coefficient (Wildman–Crippen LogP) is 2.86. The Balaban J connectivity index is 1.96. The highest BCUT2D eigenvalue weighted by atomic mass is 19.4. The molecule has 0 radical (unpaired) electrons. The quantitative estimate of drug-likeness (QED) is 0.782. The van der Waals surface area contributed by atoms with Crippen LogP contribution >= 0.6 is 0 Å². The van der Waals surface area contributed by atoms with Gasteiger partial charge >= 0.3 is 12.1 Å². The fraction of sp³-hybridized carbons (Fsp3) is 0.167. The molecule has 2 N–H and O–H groups in total. The lowest BCUT2D eigenvalue weighted by atomic mass is 10.1. The van der Waals surface area contributed by atoms with E-state index in [4.69, 9.17) is 4.74 Å². The fourth-order valence-electron chi connectivity index (χ4n) is 2.12. The van der Waals surface area contributed by atoms with Gasteiger partial charge in [0.05, 0.1) is 11.1 Å². The first-order chi connectivity index (χ1) is 12.7. The van der Waals surface area contributed by atoms with Crippen molar-refractivity contribution in [2.75, 3.05) is 19.0 Å². The third-order valence-electron chi connectivity index (χ3n) is 3.40. The molecule has 0 bridgehead atoms. The Morgan fingerprint density at radius 2 is 1.67 bits per heavy atom. The molecule has 142 valence electrons. The van der Waals surface area contributed by atoms with Crippen LogP contribution in [0.3, 0.4) is 0 Å². The van der Waals surface area contributed by atoms with Crippen LogP contribution in [0.25, 0.3) is 0 Å². The van der Waals surface area contributed by atoms with Crippen molar-refractivity contribution in [3.63, 3.8) is 0 Å². The van der Waals surface area contributed by atoms with E-state index in [9.17, 15) is 27.6 Å². The fourth-order valence-corrected chi connectivity index (χ4v) is 2.12. The summed E-state index contributed by atoms with van der Waals surface area (Å²) in [7, 11) is 1.46. The highest BCUT2D eigenvalue weighted by Gasteiger charge is 2.31. The van der Waals surface area contributed by atoms with Crippen molar-refractivity contribution in [1.82, 2.24) is 5.32 Å². The SMILES string of the molecule is CNC(=O)c1cccc(NC(=O)COC(=O)c2cccc(C(F)(F)F)c2)c1. The van der Waals surface area contributed by atoms with E-state index >= 15 is 0 Å². The monoisotopic (exact) mass is 380 g/mol. The maximum atomic E-state index is 12.7.